The number of aryl methyl sites for hydroxylation is 2. The molecule has 0 saturated heterocycles. The van der Waals surface area contributed by atoms with Gasteiger partial charge in [-0.3, -0.25) is 4.79 Å². The number of carbonyl (C=O) groups excluding carboxylic acids is 1. The second-order valence-electron chi connectivity index (χ2n) is 4.44. The minimum Gasteiger partial charge on any atom is -0.494 e. The van der Waals surface area contributed by atoms with E-state index in [1.54, 1.807) is 0 Å². The van der Waals surface area contributed by atoms with Crippen molar-refractivity contribution in [1.29, 1.82) is 0 Å². The summed E-state index contributed by atoms with van der Waals surface area (Å²) in [5.74, 6) is 0.903. The predicted molar refractivity (Wildman–Crippen MR) is 75.8 cm³/mol. The van der Waals surface area contributed by atoms with E-state index >= 15 is 0 Å². The van der Waals surface area contributed by atoms with Crippen molar-refractivity contribution in [2.45, 2.75) is 26.3 Å². The van der Waals surface area contributed by atoms with E-state index in [0.717, 1.165) is 31.4 Å². The molecule has 0 fully saturated rings. The van der Waals surface area contributed by atoms with Gasteiger partial charge in [0.2, 0.25) is 0 Å². The van der Waals surface area contributed by atoms with E-state index in [-0.39, 0.29) is 0 Å². The molecule has 0 amide bonds. The van der Waals surface area contributed by atoms with Gasteiger partial charge in [-0.05, 0) is 42.7 Å². The number of benzene rings is 1. The van der Waals surface area contributed by atoms with Crippen LogP contribution in [0.4, 0.5) is 0 Å². The zero-order chi connectivity index (χ0) is 13.5. The molecule has 3 nitrogen and oxygen atoms in total. The Morgan fingerprint density at radius 3 is 2.68 bits per heavy atom. The molecule has 0 spiro atoms. The number of aromatic nitrogens is 1. The Labute approximate surface area is 113 Å². The van der Waals surface area contributed by atoms with E-state index < -0.39 is 0 Å². The van der Waals surface area contributed by atoms with Crippen LogP contribution in [0.15, 0.2) is 42.6 Å². The van der Waals surface area contributed by atoms with Gasteiger partial charge >= 0.3 is 0 Å². The third-order valence-corrected chi connectivity index (χ3v) is 3.13. The van der Waals surface area contributed by atoms with Crippen LogP contribution in [0.2, 0.25) is 0 Å². The van der Waals surface area contributed by atoms with Crippen molar-refractivity contribution in [3.8, 4) is 5.75 Å². The maximum absolute atomic E-state index is 10.8. The standard InChI is InChI=1S/C16H19NO2/c1-2-14-6-8-16(9-7-14)19-12-4-11-17-10-3-5-15(17)13-18/h3,5-10,13H,2,4,11-12H2,1H3. The van der Waals surface area contributed by atoms with E-state index in [1.165, 1.54) is 5.56 Å². The fourth-order valence-corrected chi connectivity index (χ4v) is 1.98. The molecule has 3 heteroatoms. The van der Waals surface area contributed by atoms with Gasteiger partial charge in [0, 0.05) is 12.7 Å². The Morgan fingerprint density at radius 2 is 2.00 bits per heavy atom. The minimum absolute atomic E-state index is 0.655. The fraction of sp³-hybridized carbons (Fsp3) is 0.312. The molecule has 0 aliphatic carbocycles. The molecule has 19 heavy (non-hydrogen) atoms. The molecule has 1 aromatic carbocycles. The van der Waals surface area contributed by atoms with Crippen molar-refractivity contribution in [3.63, 3.8) is 0 Å². The molecule has 0 saturated carbocycles. The highest BCUT2D eigenvalue weighted by Crippen LogP contribution is 2.13. The first-order valence-electron chi connectivity index (χ1n) is 6.65. The number of hydrogen-bond donors (Lipinski definition) is 0. The molecule has 0 aliphatic rings. The van der Waals surface area contributed by atoms with Gasteiger partial charge in [-0.25, -0.2) is 0 Å². The topological polar surface area (TPSA) is 31.2 Å². The Bertz CT molecular complexity index is 514. The lowest BCUT2D eigenvalue weighted by Crippen LogP contribution is -2.06. The summed E-state index contributed by atoms with van der Waals surface area (Å²) in [5.41, 5.74) is 2.03. The first kappa shape index (κ1) is 13.4. The summed E-state index contributed by atoms with van der Waals surface area (Å²) >= 11 is 0. The van der Waals surface area contributed by atoms with E-state index in [0.29, 0.717) is 12.3 Å². The quantitative estimate of drug-likeness (QED) is 0.562. The summed E-state index contributed by atoms with van der Waals surface area (Å²) < 4.78 is 7.62. The molecule has 2 rings (SSSR count). The average molecular weight is 257 g/mol. The van der Waals surface area contributed by atoms with Crippen LogP contribution in [-0.2, 0) is 13.0 Å². The highest BCUT2D eigenvalue weighted by Gasteiger charge is 1.99. The normalized spacial score (nSPS) is 10.4. The molecule has 0 unspecified atom stereocenters. The van der Waals surface area contributed by atoms with Gasteiger partial charge in [0.15, 0.2) is 6.29 Å². The van der Waals surface area contributed by atoms with Gasteiger partial charge in [-0.2, -0.15) is 0 Å². The summed E-state index contributed by atoms with van der Waals surface area (Å²) in [6.07, 6.45) is 4.72. The van der Waals surface area contributed by atoms with E-state index in [2.05, 4.69) is 19.1 Å². The highest BCUT2D eigenvalue weighted by molar-refractivity contribution is 5.72. The number of hydrogen-bond acceptors (Lipinski definition) is 2. The van der Waals surface area contributed by atoms with Crippen LogP contribution in [0, 0.1) is 0 Å². The van der Waals surface area contributed by atoms with E-state index in [1.807, 2.05) is 35.0 Å². The van der Waals surface area contributed by atoms with Crippen molar-refractivity contribution in [3.05, 3.63) is 53.9 Å². The van der Waals surface area contributed by atoms with Gasteiger partial charge in [-0.15, -0.1) is 0 Å². The zero-order valence-corrected chi connectivity index (χ0v) is 11.2. The molecule has 100 valence electrons. The van der Waals surface area contributed by atoms with Crippen molar-refractivity contribution >= 4 is 6.29 Å². The molecule has 0 bridgehead atoms. The Balaban J connectivity index is 1.75. The van der Waals surface area contributed by atoms with Crippen LogP contribution < -0.4 is 4.74 Å². The Hall–Kier alpha value is -2.03. The maximum atomic E-state index is 10.8. The van der Waals surface area contributed by atoms with Gasteiger partial charge in [0.1, 0.15) is 5.75 Å². The second-order valence-corrected chi connectivity index (χ2v) is 4.44. The minimum atomic E-state index is 0.655. The summed E-state index contributed by atoms with van der Waals surface area (Å²) in [6.45, 7) is 3.59. The lowest BCUT2D eigenvalue weighted by atomic mass is 10.2. The number of rotatable bonds is 7. The molecule has 0 radical (unpaired) electrons. The first-order valence-corrected chi connectivity index (χ1v) is 6.65. The predicted octanol–water partition coefficient (Wildman–Crippen LogP) is 3.33. The van der Waals surface area contributed by atoms with Crippen LogP contribution in [0.3, 0.4) is 0 Å². The monoisotopic (exact) mass is 257 g/mol. The van der Waals surface area contributed by atoms with Crippen molar-refractivity contribution in [2.24, 2.45) is 0 Å². The first-order chi connectivity index (χ1) is 9.33. The largest absolute Gasteiger partial charge is 0.494 e. The van der Waals surface area contributed by atoms with E-state index in [4.69, 9.17) is 4.74 Å². The number of carbonyl (C=O) groups is 1. The van der Waals surface area contributed by atoms with E-state index in [9.17, 15) is 4.79 Å². The lowest BCUT2D eigenvalue weighted by Gasteiger charge is -2.08. The second kappa shape index (κ2) is 6.78. The third-order valence-electron chi connectivity index (χ3n) is 3.13. The van der Waals surface area contributed by atoms with Gasteiger partial charge in [0.05, 0.1) is 12.3 Å². The summed E-state index contributed by atoms with van der Waals surface area (Å²) in [4.78, 5) is 10.8. The Morgan fingerprint density at radius 1 is 1.21 bits per heavy atom. The maximum Gasteiger partial charge on any atom is 0.166 e. The summed E-state index contributed by atoms with van der Waals surface area (Å²) in [5, 5.41) is 0. The molecule has 2 aromatic rings. The number of nitrogens with zero attached hydrogens (tertiary/aromatic N) is 1. The highest BCUT2D eigenvalue weighted by atomic mass is 16.5. The van der Waals surface area contributed by atoms with Gasteiger partial charge in [-0.1, -0.05) is 19.1 Å². The third kappa shape index (κ3) is 3.71. The van der Waals surface area contributed by atoms with Crippen molar-refractivity contribution in [2.75, 3.05) is 6.61 Å². The van der Waals surface area contributed by atoms with Crippen LogP contribution >= 0.6 is 0 Å². The molecule has 0 N–H and O–H groups in total. The molecular formula is C16H19NO2. The molecule has 1 heterocycles. The Kier molecular flexibility index (Phi) is 4.78. The zero-order valence-electron chi connectivity index (χ0n) is 11.2. The molecule has 0 aliphatic heterocycles. The van der Waals surface area contributed by atoms with Gasteiger partial charge < -0.3 is 9.30 Å². The lowest BCUT2D eigenvalue weighted by molar-refractivity contribution is 0.111. The number of aldehydes is 1. The number of ether oxygens (including phenoxy) is 1. The molecule has 0 atom stereocenters. The SMILES string of the molecule is CCc1ccc(OCCCn2cccc2C=O)cc1. The fourth-order valence-electron chi connectivity index (χ4n) is 1.98. The summed E-state index contributed by atoms with van der Waals surface area (Å²) in [6, 6.07) is 11.9. The average Bonchev–Trinajstić information content (AvgIpc) is 2.91. The van der Waals surface area contributed by atoms with Crippen LogP contribution in [0.1, 0.15) is 29.4 Å². The van der Waals surface area contributed by atoms with Crippen molar-refractivity contribution in [1.82, 2.24) is 4.57 Å². The summed E-state index contributed by atoms with van der Waals surface area (Å²) in [7, 11) is 0. The smallest absolute Gasteiger partial charge is 0.166 e. The van der Waals surface area contributed by atoms with Crippen molar-refractivity contribution < 1.29 is 9.53 Å². The van der Waals surface area contributed by atoms with Gasteiger partial charge in [0.25, 0.3) is 0 Å². The molecule has 1 aromatic heterocycles. The van der Waals surface area contributed by atoms with Crippen LogP contribution in [-0.4, -0.2) is 17.5 Å². The molecular weight excluding hydrogens is 238 g/mol. The van der Waals surface area contributed by atoms with Crippen LogP contribution in [0.25, 0.3) is 0 Å². The van der Waals surface area contributed by atoms with Crippen LogP contribution in [0.5, 0.6) is 5.75 Å².